The Balaban J connectivity index is 1.65. The van der Waals surface area contributed by atoms with Gasteiger partial charge in [0, 0.05) is 12.6 Å². The molecule has 2 aliphatic rings. The normalized spacial score (nSPS) is 37.4. The molecule has 0 spiro atoms. The molecule has 1 N–H and O–H groups in total. The van der Waals surface area contributed by atoms with Gasteiger partial charge in [0.05, 0.1) is 0 Å². The lowest BCUT2D eigenvalue weighted by atomic mass is 9.87. The minimum Gasteiger partial charge on any atom is -0.311 e. The van der Waals surface area contributed by atoms with Gasteiger partial charge in [0.2, 0.25) is 0 Å². The fourth-order valence-electron chi connectivity index (χ4n) is 2.10. The summed E-state index contributed by atoms with van der Waals surface area (Å²) in [6.07, 6.45) is 6.69. The zero-order valence-electron chi connectivity index (χ0n) is 8.48. The summed E-state index contributed by atoms with van der Waals surface area (Å²) in [6, 6.07) is 0.601. The molecule has 2 saturated carbocycles. The van der Waals surface area contributed by atoms with Crippen LogP contribution in [0.15, 0.2) is 0 Å². The molecule has 2 fully saturated rings. The number of hydrogen-bond donors (Lipinski definition) is 1. The number of hydrogen-bond acceptors (Lipinski definition) is 1. The second-order valence-electron chi connectivity index (χ2n) is 4.99. The first-order chi connectivity index (χ1) is 6.18. The van der Waals surface area contributed by atoms with Crippen molar-refractivity contribution in [3.8, 4) is 0 Å². The summed E-state index contributed by atoms with van der Waals surface area (Å²) < 4.78 is 13.3. The van der Waals surface area contributed by atoms with Crippen molar-refractivity contribution in [1.29, 1.82) is 0 Å². The highest BCUT2D eigenvalue weighted by atomic mass is 19.1. The van der Waals surface area contributed by atoms with Crippen molar-refractivity contribution in [3.63, 3.8) is 0 Å². The number of rotatable bonds is 3. The predicted molar refractivity (Wildman–Crippen MR) is 52.5 cm³/mol. The van der Waals surface area contributed by atoms with Gasteiger partial charge in [-0.25, -0.2) is 4.39 Å². The van der Waals surface area contributed by atoms with E-state index >= 15 is 0 Å². The maximum atomic E-state index is 13.3. The van der Waals surface area contributed by atoms with Crippen molar-refractivity contribution in [1.82, 2.24) is 5.32 Å². The third kappa shape index (κ3) is 2.67. The molecule has 13 heavy (non-hydrogen) atoms. The molecule has 0 bridgehead atoms. The molecular formula is C11H20FN. The molecule has 0 aromatic carbocycles. The Bertz CT molecular complexity index is 169. The zero-order valence-corrected chi connectivity index (χ0v) is 8.48. The summed E-state index contributed by atoms with van der Waals surface area (Å²) in [4.78, 5) is 0. The lowest BCUT2D eigenvalue weighted by molar-refractivity contribution is 0.250. The molecule has 2 aliphatic carbocycles. The zero-order chi connectivity index (χ0) is 9.31. The van der Waals surface area contributed by atoms with Gasteiger partial charge < -0.3 is 5.32 Å². The monoisotopic (exact) mass is 185 g/mol. The van der Waals surface area contributed by atoms with Crippen LogP contribution in [0.25, 0.3) is 0 Å². The van der Waals surface area contributed by atoms with E-state index in [0.29, 0.717) is 12.6 Å². The van der Waals surface area contributed by atoms with Gasteiger partial charge in [0.25, 0.3) is 0 Å². The summed E-state index contributed by atoms with van der Waals surface area (Å²) in [5.74, 6) is 0.887. The van der Waals surface area contributed by atoms with Gasteiger partial charge in [0.1, 0.15) is 5.67 Å². The summed E-state index contributed by atoms with van der Waals surface area (Å²) in [6.45, 7) is 2.92. The topological polar surface area (TPSA) is 12.0 Å². The van der Waals surface area contributed by atoms with Gasteiger partial charge in [-0.3, -0.25) is 0 Å². The molecule has 2 rings (SSSR count). The molecule has 1 nitrogen and oxygen atoms in total. The lowest BCUT2D eigenvalue weighted by Crippen LogP contribution is -2.37. The van der Waals surface area contributed by atoms with Gasteiger partial charge in [-0.15, -0.1) is 0 Å². The van der Waals surface area contributed by atoms with E-state index in [1.54, 1.807) is 0 Å². The minimum absolute atomic E-state index is 0.601. The molecule has 0 saturated heterocycles. The summed E-state index contributed by atoms with van der Waals surface area (Å²) >= 11 is 0. The van der Waals surface area contributed by atoms with Crippen molar-refractivity contribution in [3.05, 3.63) is 0 Å². The first-order valence-corrected chi connectivity index (χ1v) is 5.60. The second-order valence-corrected chi connectivity index (χ2v) is 4.99. The molecule has 2 heteroatoms. The number of nitrogens with one attached hydrogen (secondary N) is 1. The quantitative estimate of drug-likeness (QED) is 0.712. The van der Waals surface area contributed by atoms with Crippen LogP contribution >= 0.6 is 0 Å². The summed E-state index contributed by atoms with van der Waals surface area (Å²) in [5.41, 5.74) is -0.816. The van der Waals surface area contributed by atoms with E-state index in [4.69, 9.17) is 0 Å². The van der Waals surface area contributed by atoms with E-state index in [1.807, 2.05) is 0 Å². The first-order valence-electron chi connectivity index (χ1n) is 5.60. The third-order valence-corrected chi connectivity index (χ3v) is 3.52. The molecule has 0 aliphatic heterocycles. The van der Waals surface area contributed by atoms with Crippen molar-refractivity contribution in [2.45, 2.75) is 57.2 Å². The molecular weight excluding hydrogens is 165 g/mol. The third-order valence-electron chi connectivity index (χ3n) is 3.52. The van der Waals surface area contributed by atoms with Crippen LogP contribution in [0, 0.1) is 5.92 Å². The van der Waals surface area contributed by atoms with Gasteiger partial charge in [0.15, 0.2) is 0 Å². The highest BCUT2D eigenvalue weighted by Crippen LogP contribution is 2.39. The van der Waals surface area contributed by atoms with Crippen LogP contribution < -0.4 is 5.32 Å². The molecule has 0 aromatic rings. The SMILES string of the molecule is CC1CCC(NCC2(F)CC2)CC1. The fourth-order valence-corrected chi connectivity index (χ4v) is 2.10. The van der Waals surface area contributed by atoms with E-state index in [9.17, 15) is 4.39 Å². The fraction of sp³-hybridized carbons (Fsp3) is 1.00. The standard InChI is InChI=1S/C11H20FN/c1-9-2-4-10(5-3-9)13-8-11(12)6-7-11/h9-10,13H,2-8H2,1H3. The molecule has 0 atom stereocenters. The summed E-state index contributed by atoms with van der Waals surface area (Å²) in [5, 5.41) is 3.37. The van der Waals surface area contributed by atoms with Gasteiger partial charge in [-0.05, 0) is 44.4 Å². The van der Waals surface area contributed by atoms with Gasteiger partial charge in [-0.1, -0.05) is 6.92 Å². The smallest absolute Gasteiger partial charge is 0.123 e. The average Bonchev–Trinajstić information content (AvgIpc) is 2.84. The molecule has 0 radical (unpaired) electrons. The van der Waals surface area contributed by atoms with E-state index in [-0.39, 0.29) is 0 Å². The van der Waals surface area contributed by atoms with Crippen LogP contribution in [0.1, 0.15) is 45.4 Å². The first kappa shape index (κ1) is 9.45. The molecule has 76 valence electrons. The maximum Gasteiger partial charge on any atom is 0.123 e. The molecule has 0 aromatic heterocycles. The van der Waals surface area contributed by atoms with Crippen molar-refractivity contribution in [2.24, 2.45) is 5.92 Å². The lowest BCUT2D eigenvalue weighted by Gasteiger charge is -2.27. The van der Waals surface area contributed by atoms with Crippen LogP contribution in [0.3, 0.4) is 0 Å². The second kappa shape index (κ2) is 3.56. The molecule has 0 heterocycles. The van der Waals surface area contributed by atoms with Crippen molar-refractivity contribution in [2.75, 3.05) is 6.54 Å². The predicted octanol–water partition coefficient (Wildman–Crippen LogP) is 2.66. The van der Waals surface area contributed by atoms with Crippen LogP contribution in [-0.2, 0) is 0 Å². The summed E-state index contributed by atoms with van der Waals surface area (Å²) in [7, 11) is 0. The van der Waals surface area contributed by atoms with E-state index in [1.165, 1.54) is 25.7 Å². The van der Waals surface area contributed by atoms with Crippen LogP contribution in [0.4, 0.5) is 4.39 Å². The van der Waals surface area contributed by atoms with Crippen molar-refractivity contribution < 1.29 is 4.39 Å². The van der Waals surface area contributed by atoms with E-state index in [0.717, 1.165) is 18.8 Å². The number of alkyl halides is 1. The Morgan fingerprint density at radius 3 is 2.38 bits per heavy atom. The maximum absolute atomic E-state index is 13.3. The highest BCUT2D eigenvalue weighted by Gasteiger charge is 2.43. The average molecular weight is 185 g/mol. The minimum atomic E-state index is -0.816. The Morgan fingerprint density at radius 2 is 1.85 bits per heavy atom. The highest BCUT2D eigenvalue weighted by molar-refractivity contribution is 4.96. The van der Waals surface area contributed by atoms with Gasteiger partial charge in [-0.2, -0.15) is 0 Å². The van der Waals surface area contributed by atoms with Crippen LogP contribution in [0.2, 0.25) is 0 Å². The Hall–Kier alpha value is -0.110. The van der Waals surface area contributed by atoms with Crippen molar-refractivity contribution >= 4 is 0 Å². The Kier molecular flexibility index (Phi) is 2.59. The Labute approximate surface area is 80.1 Å². The number of halogens is 1. The van der Waals surface area contributed by atoms with Crippen LogP contribution in [0.5, 0.6) is 0 Å². The molecule has 0 unspecified atom stereocenters. The largest absolute Gasteiger partial charge is 0.311 e. The van der Waals surface area contributed by atoms with E-state index in [2.05, 4.69) is 12.2 Å². The Morgan fingerprint density at radius 1 is 1.23 bits per heavy atom. The van der Waals surface area contributed by atoms with E-state index < -0.39 is 5.67 Å². The van der Waals surface area contributed by atoms with Gasteiger partial charge >= 0.3 is 0 Å². The van der Waals surface area contributed by atoms with Crippen LogP contribution in [-0.4, -0.2) is 18.3 Å². The molecule has 0 amide bonds.